The van der Waals surface area contributed by atoms with Crippen molar-refractivity contribution in [3.05, 3.63) is 35.9 Å². The maximum absolute atomic E-state index is 11.3. The van der Waals surface area contributed by atoms with E-state index in [1.165, 1.54) is 12.1 Å². The largest absolute Gasteiger partial charge is 0.295 e. The van der Waals surface area contributed by atoms with Gasteiger partial charge in [0.1, 0.15) is 4.90 Å². The highest BCUT2D eigenvalue weighted by Gasteiger charge is 2.20. The van der Waals surface area contributed by atoms with Crippen LogP contribution in [0.2, 0.25) is 0 Å². The van der Waals surface area contributed by atoms with Gasteiger partial charge in [0, 0.05) is 5.39 Å². The van der Waals surface area contributed by atoms with Crippen molar-refractivity contribution in [1.29, 1.82) is 0 Å². The van der Waals surface area contributed by atoms with Crippen LogP contribution in [0, 0.1) is 6.92 Å². The van der Waals surface area contributed by atoms with E-state index in [-0.39, 0.29) is 10.8 Å². The number of hydrogen-bond donors (Lipinski definition) is 2. The molecule has 0 unspecified atom stereocenters. The molecular weight excluding hydrogens is 292 g/mol. The zero-order valence-corrected chi connectivity index (χ0v) is 11.4. The number of benzene rings is 2. The Morgan fingerprint density at radius 1 is 0.895 bits per heavy atom. The van der Waals surface area contributed by atoms with E-state index in [2.05, 4.69) is 0 Å². The molecule has 0 saturated heterocycles. The highest BCUT2D eigenvalue weighted by Crippen LogP contribution is 2.28. The Balaban J connectivity index is 3.01. The first-order chi connectivity index (χ1) is 8.59. The summed E-state index contributed by atoms with van der Waals surface area (Å²) >= 11 is 0. The van der Waals surface area contributed by atoms with E-state index < -0.39 is 30.0 Å². The van der Waals surface area contributed by atoms with Crippen LogP contribution in [0.5, 0.6) is 0 Å². The van der Waals surface area contributed by atoms with Gasteiger partial charge in [0.25, 0.3) is 20.2 Å². The first-order valence-electron chi connectivity index (χ1n) is 5.08. The zero-order chi connectivity index (χ0) is 14.4. The maximum Gasteiger partial charge on any atom is 0.295 e. The monoisotopic (exact) mass is 302 g/mol. The lowest BCUT2D eigenvalue weighted by Crippen LogP contribution is -2.04. The number of fused-ring (bicyclic) bond motifs is 1. The molecule has 0 spiro atoms. The van der Waals surface area contributed by atoms with Gasteiger partial charge in [-0.15, -0.1) is 0 Å². The summed E-state index contributed by atoms with van der Waals surface area (Å²) in [7, 11) is -9.17. The Bertz CT molecular complexity index is 865. The Morgan fingerprint density at radius 3 is 2.05 bits per heavy atom. The minimum absolute atomic E-state index is 0.190. The molecule has 0 aromatic heterocycles. The minimum atomic E-state index is -4.60. The Hall–Kier alpha value is -1.48. The molecule has 6 nitrogen and oxygen atoms in total. The first-order valence-corrected chi connectivity index (χ1v) is 7.96. The van der Waals surface area contributed by atoms with Gasteiger partial charge in [-0.2, -0.15) is 16.8 Å². The van der Waals surface area contributed by atoms with Gasteiger partial charge >= 0.3 is 0 Å². The molecule has 0 bridgehead atoms. The third-order valence-electron chi connectivity index (χ3n) is 2.62. The summed E-state index contributed by atoms with van der Waals surface area (Å²) in [5, 5.41) is 0.475. The van der Waals surface area contributed by atoms with Gasteiger partial charge in [-0.05, 0) is 24.4 Å². The first kappa shape index (κ1) is 13.9. The smallest absolute Gasteiger partial charge is 0.282 e. The third kappa shape index (κ3) is 2.76. The summed E-state index contributed by atoms with van der Waals surface area (Å²) in [6.07, 6.45) is 0. The molecular formula is C11H10O6S2. The number of hydrogen-bond acceptors (Lipinski definition) is 4. The van der Waals surface area contributed by atoms with Crippen molar-refractivity contribution in [3.8, 4) is 0 Å². The molecule has 2 aromatic carbocycles. The fourth-order valence-electron chi connectivity index (χ4n) is 1.77. The van der Waals surface area contributed by atoms with Gasteiger partial charge in [-0.25, -0.2) is 0 Å². The molecule has 2 rings (SSSR count). The van der Waals surface area contributed by atoms with Gasteiger partial charge in [0.2, 0.25) is 0 Å². The Morgan fingerprint density at radius 2 is 1.53 bits per heavy atom. The van der Waals surface area contributed by atoms with E-state index >= 15 is 0 Å². The van der Waals surface area contributed by atoms with Crippen molar-refractivity contribution in [2.75, 3.05) is 0 Å². The van der Waals surface area contributed by atoms with Gasteiger partial charge < -0.3 is 0 Å². The van der Waals surface area contributed by atoms with Crippen LogP contribution in [-0.4, -0.2) is 25.9 Å². The van der Waals surface area contributed by atoms with E-state index in [4.69, 9.17) is 9.11 Å². The molecule has 102 valence electrons. The minimum Gasteiger partial charge on any atom is -0.282 e. The zero-order valence-electron chi connectivity index (χ0n) is 9.73. The van der Waals surface area contributed by atoms with Crippen molar-refractivity contribution in [2.24, 2.45) is 0 Å². The van der Waals surface area contributed by atoms with E-state index in [1.54, 1.807) is 13.0 Å². The summed E-state index contributed by atoms with van der Waals surface area (Å²) < 4.78 is 63.0. The van der Waals surface area contributed by atoms with Crippen LogP contribution in [0.25, 0.3) is 10.8 Å². The summed E-state index contributed by atoms with van der Waals surface area (Å²) in [5.41, 5.74) is 0.747. The van der Waals surface area contributed by atoms with E-state index in [0.717, 1.165) is 17.7 Å². The van der Waals surface area contributed by atoms with Crippen LogP contribution in [0.4, 0.5) is 0 Å². The predicted octanol–water partition coefficient (Wildman–Crippen LogP) is 1.64. The second-order valence-electron chi connectivity index (χ2n) is 4.10. The average molecular weight is 302 g/mol. The molecule has 0 aliphatic carbocycles. The van der Waals surface area contributed by atoms with E-state index in [1.807, 2.05) is 0 Å². The van der Waals surface area contributed by atoms with Crippen LogP contribution in [0.15, 0.2) is 40.1 Å². The summed E-state index contributed by atoms with van der Waals surface area (Å²) in [5.74, 6) is 0. The molecule has 0 amide bonds. The number of rotatable bonds is 2. The van der Waals surface area contributed by atoms with Crippen molar-refractivity contribution >= 4 is 31.0 Å². The van der Waals surface area contributed by atoms with E-state index in [9.17, 15) is 16.8 Å². The summed E-state index contributed by atoms with van der Waals surface area (Å²) in [6.45, 7) is 1.73. The topological polar surface area (TPSA) is 109 Å². The maximum atomic E-state index is 11.3. The van der Waals surface area contributed by atoms with Crippen LogP contribution < -0.4 is 0 Å². The SMILES string of the molecule is Cc1ccc2cc(S(=O)(=O)O)cc(S(=O)(=O)O)c2c1. The average Bonchev–Trinajstić information content (AvgIpc) is 2.24. The Labute approximate surface area is 110 Å². The molecule has 0 heterocycles. The van der Waals surface area contributed by atoms with Crippen molar-refractivity contribution in [3.63, 3.8) is 0 Å². The fraction of sp³-hybridized carbons (Fsp3) is 0.0909. The molecule has 2 aromatic rings. The van der Waals surface area contributed by atoms with Crippen LogP contribution >= 0.6 is 0 Å². The molecule has 0 aliphatic rings. The summed E-state index contributed by atoms with van der Waals surface area (Å²) in [4.78, 5) is -1.14. The van der Waals surface area contributed by atoms with Crippen LogP contribution in [-0.2, 0) is 20.2 Å². The molecule has 8 heteroatoms. The van der Waals surface area contributed by atoms with Crippen LogP contribution in [0.3, 0.4) is 0 Å². The van der Waals surface area contributed by atoms with Crippen molar-refractivity contribution in [1.82, 2.24) is 0 Å². The normalized spacial score (nSPS) is 12.8. The lowest BCUT2D eigenvalue weighted by molar-refractivity contribution is 0.482. The van der Waals surface area contributed by atoms with Gasteiger partial charge in [0.15, 0.2) is 0 Å². The molecule has 0 aliphatic heterocycles. The summed E-state index contributed by atoms with van der Waals surface area (Å²) in [6, 6.07) is 6.54. The fourth-order valence-corrected chi connectivity index (χ4v) is 3.12. The highest BCUT2D eigenvalue weighted by atomic mass is 32.2. The quantitative estimate of drug-likeness (QED) is 0.816. The molecule has 0 atom stereocenters. The standard InChI is InChI=1S/C11H10O6S2/c1-7-2-3-8-5-9(18(12,13)14)6-11(10(8)4-7)19(15,16)17/h2-6H,1H3,(H,12,13,14)(H,15,16,17). The predicted molar refractivity (Wildman–Crippen MR) is 68.3 cm³/mol. The Kier molecular flexibility index (Phi) is 3.13. The van der Waals surface area contributed by atoms with Crippen LogP contribution in [0.1, 0.15) is 5.56 Å². The second kappa shape index (κ2) is 4.27. The third-order valence-corrected chi connectivity index (χ3v) is 4.35. The van der Waals surface area contributed by atoms with Gasteiger partial charge in [0.05, 0.1) is 4.90 Å². The van der Waals surface area contributed by atoms with E-state index in [0.29, 0.717) is 0 Å². The molecule has 0 saturated carbocycles. The molecule has 19 heavy (non-hydrogen) atoms. The second-order valence-corrected chi connectivity index (χ2v) is 6.91. The highest BCUT2D eigenvalue weighted by molar-refractivity contribution is 7.86. The molecule has 0 fully saturated rings. The van der Waals surface area contributed by atoms with Crippen molar-refractivity contribution < 1.29 is 25.9 Å². The lowest BCUT2D eigenvalue weighted by atomic mass is 10.1. The number of aryl methyl sites for hydroxylation is 1. The molecule has 0 radical (unpaired) electrons. The van der Waals surface area contributed by atoms with Gasteiger partial charge in [-0.3, -0.25) is 9.11 Å². The lowest BCUT2D eigenvalue weighted by Gasteiger charge is -2.07. The van der Waals surface area contributed by atoms with Gasteiger partial charge in [-0.1, -0.05) is 23.8 Å². The molecule has 2 N–H and O–H groups in total. The van der Waals surface area contributed by atoms with Crippen molar-refractivity contribution in [2.45, 2.75) is 16.7 Å².